The summed E-state index contributed by atoms with van der Waals surface area (Å²) in [5.74, 6) is 0. The van der Waals surface area contributed by atoms with Gasteiger partial charge in [-0.1, -0.05) is 42.0 Å². The van der Waals surface area contributed by atoms with Crippen LogP contribution < -0.4 is 10.2 Å². The van der Waals surface area contributed by atoms with E-state index in [9.17, 15) is 0 Å². The highest BCUT2D eigenvalue weighted by Gasteiger charge is 2.14. The lowest BCUT2D eigenvalue weighted by Gasteiger charge is -2.24. The molecule has 1 aliphatic rings. The summed E-state index contributed by atoms with van der Waals surface area (Å²) in [7, 11) is 0. The van der Waals surface area contributed by atoms with E-state index in [4.69, 9.17) is 0 Å². The zero-order valence-electron chi connectivity index (χ0n) is 11.4. The zero-order chi connectivity index (χ0) is 13.1. The molecule has 0 fully saturated rings. The SMILES string of the molecule is Cc1cccc(CN2CCCNc3ccccc32)c1. The first-order chi connectivity index (χ1) is 9.33. The predicted octanol–water partition coefficient (Wildman–Crippen LogP) is 3.82. The lowest BCUT2D eigenvalue weighted by Crippen LogP contribution is -2.23. The van der Waals surface area contributed by atoms with Crippen LogP contribution in [0.3, 0.4) is 0 Å². The number of hydrogen-bond acceptors (Lipinski definition) is 2. The summed E-state index contributed by atoms with van der Waals surface area (Å²) in [6.07, 6.45) is 1.18. The van der Waals surface area contributed by atoms with Gasteiger partial charge in [0.2, 0.25) is 0 Å². The van der Waals surface area contributed by atoms with Gasteiger partial charge < -0.3 is 10.2 Å². The van der Waals surface area contributed by atoms with E-state index in [1.165, 1.54) is 28.9 Å². The van der Waals surface area contributed by atoms with Gasteiger partial charge in [0.25, 0.3) is 0 Å². The molecule has 0 atom stereocenters. The van der Waals surface area contributed by atoms with Crippen molar-refractivity contribution in [3.8, 4) is 0 Å². The van der Waals surface area contributed by atoms with Gasteiger partial charge in [-0.25, -0.2) is 0 Å². The molecule has 2 nitrogen and oxygen atoms in total. The second-order valence-electron chi connectivity index (χ2n) is 5.21. The van der Waals surface area contributed by atoms with Crippen molar-refractivity contribution in [3.05, 3.63) is 59.7 Å². The molecule has 0 radical (unpaired) electrons. The van der Waals surface area contributed by atoms with Gasteiger partial charge in [0, 0.05) is 19.6 Å². The topological polar surface area (TPSA) is 15.3 Å². The van der Waals surface area contributed by atoms with Gasteiger partial charge in [-0.3, -0.25) is 0 Å². The first-order valence-electron chi connectivity index (χ1n) is 6.96. The molecule has 0 saturated carbocycles. The van der Waals surface area contributed by atoms with Crippen LogP contribution in [0.5, 0.6) is 0 Å². The summed E-state index contributed by atoms with van der Waals surface area (Å²) >= 11 is 0. The Morgan fingerprint density at radius 1 is 1.11 bits per heavy atom. The number of hydrogen-bond donors (Lipinski definition) is 1. The Hall–Kier alpha value is -1.96. The Bertz CT molecular complexity index is 563. The summed E-state index contributed by atoms with van der Waals surface area (Å²) in [6, 6.07) is 17.4. The van der Waals surface area contributed by atoms with Gasteiger partial charge in [-0.2, -0.15) is 0 Å². The second-order valence-corrected chi connectivity index (χ2v) is 5.21. The molecule has 0 unspecified atom stereocenters. The normalized spacial score (nSPS) is 14.5. The highest BCUT2D eigenvalue weighted by Crippen LogP contribution is 2.29. The molecule has 1 heterocycles. The minimum Gasteiger partial charge on any atom is -0.383 e. The van der Waals surface area contributed by atoms with Crippen LogP contribution in [0, 0.1) is 6.92 Å². The number of rotatable bonds is 2. The highest BCUT2D eigenvalue weighted by molar-refractivity contribution is 5.70. The molecule has 2 aromatic rings. The smallest absolute Gasteiger partial charge is 0.0605 e. The van der Waals surface area contributed by atoms with E-state index >= 15 is 0 Å². The summed E-state index contributed by atoms with van der Waals surface area (Å²) in [5, 5.41) is 3.51. The van der Waals surface area contributed by atoms with Crippen LogP contribution in [0.2, 0.25) is 0 Å². The predicted molar refractivity (Wildman–Crippen MR) is 81.8 cm³/mol. The molecule has 1 N–H and O–H groups in total. The number of benzene rings is 2. The van der Waals surface area contributed by atoms with Crippen LogP contribution in [-0.2, 0) is 6.54 Å². The first kappa shape index (κ1) is 12.1. The first-order valence-corrected chi connectivity index (χ1v) is 6.96. The molecule has 2 heteroatoms. The van der Waals surface area contributed by atoms with Gasteiger partial charge in [-0.05, 0) is 31.0 Å². The van der Waals surface area contributed by atoms with E-state index in [0.717, 1.165) is 19.6 Å². The van der Waals surface area contributed by atoms with E-state index in [2.05, 4.69) is 65.7 Å². The molecule has 2 aromatic carbocycles. The summed E-state index contributed by atoms with van der Waals surface area (Å²) in [6.45, 7) is 5.31. The third-order valence-electron chi connectivity index (χ3n) is 3.62. The molecule has 0 spiro atoms. The fourth-order valence-corrected chi connectivity index (χ4v) is 2.71. The Kier molecular flexibility index (Phi) is 3.41. The summed E-state index contributed by atoms with van der Waals surface area (Å²) < 4.78 is 0. The quantitative estimate of drug-likeness (QED) is 0.874. The van der Waals surface area contributed by atoms with Gasteiger partial charge in [0.1, 0.15) is 0 Å². The standard InChI is InChI=1S/C17H20N2/c1-14-6-4-7-15(12-14)13-19-11-5-10-18-16-8-2-3-9-17(16)19/h2-4,6-9,12,18H,5,10-11,13H2,1H3. The molecule has 98 valence electrons. The van der Waals surface area contributed by atoms with Crippen LogP contribution in [0.4, 0.5) is 11.4 Å². The average molecular weight is 252 g/mol. The van der Waals surface area contributed by atoms with Crippen molar-refractivity contribution in [2.24, 2.45) is 0 Å². The number of para-hydroxylation sites is 2. The fraction of sp³-hybridized carbons (Fsp3) is 0.294. The van der Waals surface area contributed by atoms with Crippen molar-refractivity contribution in [3.63, 3.8) is 0 Å². The van der Waals surface area contributed by atoms with E-state index < -0.39 is 0 Å². The van der Waals surface area contributed by atoms with E-state index in [0.29, 0.717) is 0 Å². The van der Waals surface area contributed by atoms with Gasteiger partial charge >= 0.3 is 0 Å². The molecular formula is C17H20N2. The van der Waals surface area contributed by atoms with Gasteiger partial charge in [0.15, 0.2) is 0 Å². The van der Waals surface area contributed by atoms with Crippen molar-refractivity contribution in [2.45, 2.75) is 19.9 Å². The molecule has 0 amide bonds. The number of aryl methyl sites for hydroxylation is 1. The molecule has 0 aromatic heterocycles. The van der Waals surface area contributed by atoms with Crippen molar-refractivity contribution < 1.29 is 0 Å². The molecule has 19 heavy (non-hydrogen) atoms. The molecular weight excluding hydrogens is 232 g/mol. The minimum absolute atomic E-state index is 0.986. The third-order valence-corrected chi connectivity index (χ3v) is 3.62. The maximum absolute atomic E-state index is 3.51. The summed E-state index contributed by atoms with van der Waals surface area (Å²) in [4.78, 5) is 2.48. The molecule has 0 aliphatic carbocycles. The number of anilines is 2. The monoisotopic (exact) mass is 252 g/mol. The highest BCUT2D eigenvalue weighted by atomic mass is 15.2. The summed E-state index contributed by atoms with van der Waals surface area (Å²) in [5.41, 5.74) is 5.30. The van der Waals surface area contributed by atoms with E-state index in [1.807, 2.05) is 0 Å². The molecule has 3 rings (SSSR count). The number of nitrogens with one attached hydrogen (secondary N) is 1. The second kappa shape index (κ2) is 5.35. The van der Waals surface area contributed by atoms with Crippen molar-refractivity contribution >= 4 is 11.4 Å². The van der Waals surface area contributed by atoms with Crippen LogP contribution in [-0.4, -0.2) is 13.1 Å². The van der Waals surface area contributed by atoms with E-state index in [-0.39, 0.29) is 0 Å². The van der Waals surface area contributed by atoms with Crippen molar-refractivity contribution in [2.75, 3.05) is 23.3 Å². The Balaban J connectivity index is 1.88. The maximum Gasteiger partial charge on any atom is 0.0605 e. The number of nitrogens with zero attached hydrogens (tertiary/aromatic N) is 1. The number of fused-ring (bicyclic) bond motifs is 1. The van der Waals surface area contributed by atoms with Crippen LogP contribution >= 0.6 is 0 Å². The maximum atomic E-state index is 3.51. The molecule has 0 bridgehead atoms. The Labute approximate surface area is 115 Å². The van der Waals surface area contributed by atoms with Crippen LogP contribution in [0.1, 0.15) is 17.5 Å². The van der Waals surface area contributed by atoms with Crippen molar-refractivity contribution in [1.29, 1.82) is 0 Å². The van der Waals surface area contributed by atoms with Crippen LogP contribution in [0.25, 0.3) is 0 Å². The van der Waals surface area contributed by atoms with Crippen LogP contribution in [0.15, 0.2) is 48.5 Å². The Morgan fingerprint density at radius 3 is 2.89 bits per heavy atom. The van der Waals surface area contributed by atoms with E-state index in [1.54, 1.807) is 0 Å². The largest absolute Gasteiger partial charge is 0.383 e. The average Bonchev–Trinajstić information content (AvgIpc) is 2.62. The Morgan fingerprint density at radius 2 is 2.00 bits per heavy atom. The minimum atomic E-state index is 0.986. The van der Waals surface area contributed by atoms with Crippen molar-refractivity contribution in [1.82, 2.24) is 0 Å². The zero-order valence-corrected chi connectivity index (χ0v) is 11.4. The molecule has 0 saturated heterocycles. The van der Waals surface area contributed by atoms with Gasteiger partial charge in [0.05, 0.1) is 11.4 Å². The third kappa shape index (κ3) is 2.73. The lowest BCUT2D eigenvalue weighted by molar-refractivity contribution is 0.764. The fourth-order valence-electron chi connectivity index (χ4n) is 2.71. The lowest BCUT2D eigenvalue weighted by atomic mass is 10.1. The molecule has 1 aliphatic heterocycles. The van der Waals surface area contributed by atoms with Gasteiger partial charge in [-0.15, -0.1) is 0 Å².